The molecule has 2 fully saturated rings. The van der Waals surface area contributed by atoms with Gasteiger partial charge in [0.2, 0.25) is 0 Å². The lowest BCUT2D eigenvalue weighted by molar-refractivity contribution is 0.0936. The Bertz CT molecular complexity index is 1290. The Hall–Kier alpha value is -3.67. The van der Waals surface area contributed by atoms with Gasteiger partial charge >= 0.3 is 0 Å². The van der Waals surface area contributed by atoms with Gasteiger partial charge in [0.05, 0.1) is 41.9 Å². The van der Waals surface area contributed by atoms with Crippen molar-refractivity contribution in [1.29, 1.82) is 5.26 Å². The number of imidazole rings is 1. The van der Waals surface area contributed by atoms with Crippen LogP contribution in [0.1, 0.15) is 57.3 Å². The number of amides is 1. The van der Waals surface area contributed by atoms with Crippen LogP contribution in [0.3, 0.4) is 0 Å². The largest absolute Gasteiger partial charge is 0.355 e. The Kier molecular flexibility index (Phi) is 4.50. The van der Waals surface area contributed by atoms with Crippen LogP contribution in [0.2, 0.25) is 0 Å². The average molecular weight is 443 g/mol. The molecule has 9 nitrogen and oxygen atoms in total. The predicted molar refractivity (Wildman–Crippen MR) is 121 cm³/mol. The van der Waals surface area contributed by atoms with Gasteiger partial charge in [-0.1, -0.05) is 0 Å². The number of hydrogen-bond acceptors (Lipinski definition) is 6. The third-order valence-corrected chi connectivity index (χ3v) is 7.44. The summed E-state index contributed by atoms with van der Waals surface area (Å²) in [6, 6.07) is 2.30. The first-order chi connectivity index (χ1) is 16.0. The monoisotopic (exact) mass is 442 g/mol. The number of rotatable bonds is 5. The number of anilines is 1. The number of piperidine rings is 1. The van der Waals surface area contributed by atoms with Gasteiger partial charge in [-0.2, -0.15) is 10.4 Å². The highest BCUT2D eigenvalue weighted by Crippen LogP contribution is 2.46. The third kappa shape index (κ3) is 3.37. The first kappa shape index (κ1) is 20.0. The number of nitriles is 1. The molecule has 2 aliphatic carbocycles. The first-order valence-electron chi connectivity index (χ1n) is 11.5. The van der Waals surface area contributed by atoms with Crippen LogP contribution in [0.5, 0.6) is 0 Å². The van der Waals surface area contributed by atoms with Gasteiger partial charge in [0.1, 0.15) is 11.9 Å². The zero-order valence-corrected chi connectivity index (χ0v) is 18.8. The normalized spacial score (nSPS) is 22.7. The van der Waals surface area contributed by atoms with Crippen molar-refractivity contribution in [2.24, 2.45) is 18.9 Å². The second-order valence-corrected chi connectivity index (χ2v) is 9.56. The van der Waals surface area contributed by atoms with Crippen LogP contribution in [0.25, 0.3) is 0 Å². The van der Waals surface area contributed by atoms with E-state index in [-0.39, 0.29) is 11.9 Å². The summed E-state index contributed by atoms with van der Waals surface area (Å²) in [5.74, 6) is 2.21. The van der Waals surface area contributed by atoms with E-state index in [1.807, 2.05) is 24.7 Å². The fraction of sp³-hybridized carbons (Fsp3) is 0.458. The average Bonchev–Trinajstić information content (AvgIpc) is 3.27. The van der Waals surface area contributed by atoms with Crippen LogP contribution in [0.4, 0.5) is 5.82 Å². The minimum absolute atomic E-state index is 0.0640. The van der Waals surface area contributed by atoms with E-state index in [1.54, 1.807) is 23.4 Å². The molecule has 33 heavy (non-hydrogen) atoms. The van der Waals surface area contributed by atoms with Crippen LogP contribution >= 0.6 is 0 Å². The van der Waals surface area contributed by atoms with Crippen molar-refractivity contribution in [3.8, 4) is 6.07 Å². The van der Waals surface area contributed by atoms with Crippen molar-refractivity contribution in [2.75, 3.05) is 18.0 Å². The minimum atomic E-state index is -0.153. The molecule has 3 aromatic heterocycles. The fourth-order valence-electron chi connectivity index (χ4n) is 5.34. The van der Waals surface area contributed by atoms with Gasteiger partial charge in [-0.15, -0.1) is 0 Å². The SMILES string of the molecule is Cc1c(Cn2cc(C(=O)N[C@@H]3CCc4c3ncn4C)cn2)cnc(N2CC3CC3C2)c1C#N. The molecule has 3 aromatic rings. The van der Waals surface area contributed by atoms with Crippen molar-refractivity contribution in [1.82, 2.24) is 29.6 Å². The molecule has 1 saturated heterocycles. The number of pyridine rings is 1. The molecule has 1 saturated carbocycles. The lowest BCUT2D eigenvalue weighted by Crippen LogP contribution is -2.27. The maximum absolute atomic E-state index is 12.8. The molecular formula is C24H26N8O. The van der Waals surface area contributed by atoms with E-state index in [4.69, 9.17) is 0 Å². The standard InChI is InChI=1S/C24H26N8O/c1-14-17(7-26-23(19(14)6-25)31-9-15-5-16(15)10-31)11-32-12-18(8-28-32)24(33)29-20-3-4-21-22(20)27-13-30(21)2/h7-8,12-13,15-16,20H,3-5,9-11H2,1-2H3,(H,29,33)/t15?,16?,20-/m1/s1. The lowest BCUT2D eigenvalue weighted by atomic mass is 10.1. The number of fused-ring (bicyclic) bond motifs is 2. The molecule has 1 N–H and O–H groups in total. The molecule has 0 aromatic carbocycles. The second kappa shape index (κ2) is 7.44. The van der Waals surface area contributed by atoms with E-state index in [9.17, 15) is 10.1 Å². The van der Waals surface area contributed by atoms with Crippen LogP contribution in [0, 0.1) is 30.1 Å². The molecule has 2 unspecified atom stereocenters. The number of carbonyl (C=O) groups is 1. The van der Waals surface area contributed by atoms with Crippen LogP contribution in [-0.4, -0.2) is 43.3 Å². The van der Waals surface area contributed by atoms with E-state index < -0.39 is 0 Å². The second-order valence-electron chi connectivity index (χ2n) is 9.56. The highest BCUT2D eigenvalue weighted by molar-refractivity contribution is 5.94. The van der Waals surface area contributed by atoms with E-state index in [0.29, 0.717) is 17.7 Å². The van der Waals surface area contributed by atoms with Crippen molar-refractivity contribution in [3.63, 3.8) is 0 Å². The molecule has 0 bridgehead atoms. The molecule has 0 spiro atoms. The smallest absolute Gasteiger partial charge is 0.255 e. The van der Waals surface area contributed by atoms with Gasteiger partial charge < -0.3 is 14.8 Å². The van der Waals surface area contributed by atoms with Gasteiger partial charge in [-0.3, -0.25) is 9.48 Å². The molecule has 0 radical (unpaired) electrons. The minimum Gasteiger partial charge on any atom is -0.355 e. The van der Waals surface area contributed by atoms with E-state index in [2.05, 4.69) is 31.4 Å². The van der Waals surface area contributed by atoms with Gasteiger partial charge in [0, 0.05) is 38.2 Å². The van der Waals surface area contributed by atoms with E-state index in [0.717, 1.165) is 60.4 Å². The Labute approximate surface area is 192 Å². The predicted octanol–water partition coefficient (Wildman–Crippen LogP) is 2.11. The molecule has 1 amide bonds. The number of hydrogen-bond donors (Lipinski definition) is 1. The Balaban J connectivity index is 1.16. The molecule has 1 aliphatic heterocycles. The van der Waals surface area contributed by atoms with Gasteiger partial charge in [-0.25, -0.2) is 9.97 Å². The van der Waals surface area contributed by atoms with E-state index in [1.165, 1.54) is 12.1 Å². The number of nitrogens with one attached hydrogen (secondary N) is 1. The van der Waals surface area contributed by atoms with E-state index >= 15 is 0 Å². The zero-order chi connectivity index (χ0) is 22.7. The maximum Gasteiger partial charge on any atom is 0.255 e. The Morgan fingerprint density at radius 2 is 2.09 bits per heavy atom. The fourth-order valence-corrected chi connectivity index (χ4v) is 5.34. The lowest BCUT2D eigenvalue weighted by Gasteiger charge is -2.22. The number of nitrogens with zero attached hydrogens (tertiary/aromatic N) is 7. The number of carbonyl (C=O) groups excluding carboxylic acids is 1. The summed E-state index contributed by atoms with van der Waals surface area (Å²) in [6.45, 7) is 4.44. The highest BCUT2D eigenvalue weighted by atomic mass is 16.1. The number of aryl methyl sites for hydroxylation is 1. The molecule has 3 aliphatic rings. The third-order valence-electron chi connectivity index (χ3n) is 7.44. The summed E-state index contributed by atoms with van der Waals surface area (Å²) in [4.78, 5) is 24.2. The molecule has 9 heteroatoms. The van der Waals surface area contributed by atoms with Gasteiger partial charge in [0.15, 0.2) is 0 Å². The maximum atomic E-state index is 12.8. The molecule has 4 heterocycles. The summed E-state index contributed by atoms with van der Waals surface area (Å²) >= 11 is 0. The Morgan fingerprint density at radius 3 is 2.88 bits per heavy atom. The number of aromatic nitrogens is 5. The molecule has 6 rings (SSSR count). The van der Waals surface area contributed by atoms with Gasteiger partial charge in [-0.05, 0) is 49.1 Å². The van der Waals surface area contributed by atoms with Crippen LogP contribution < -0.4 is 10.2 Å². The first-order valence-corrected chi connectivity index (χ1v) is 11.5. The summed E-state index contributed by atoms with van der Waals surface area (Å²) in [5, 5.41) is 17.3. The molecule has 3 atom stereocenters. The van der Waals surface area contributed by atoms with Crippen LogP contribution in [0.15, 0.2) is 24.9 Å². The summed E-state index contributed by atoms with van der Waals surface area (Å²) in [6.07, 6.45) is 10.1. The van der Waals surface area contributed by atoms with Crippen molar-refractivity contribution in [3.05, 3.63) is 58.6 Å². The quantitative estimate of drug-likeness (QED) is 0.649. The van der Waals surface area contributed by atoms with Crippen LogP contribution in [-0.2, 0) is 20.0 Å². The van der Waals surface area contributed by atoms with Gasteiger partial charge in [0.25, 0.3) is 5.91 Å². The molecule has 168 valence electrons. The Morgan fingerprint density at radius 1 is 1.27 bits per heavy atom. The topological polar surface area (TPSA) is 105 Å². The zero-order valence-electron chi connectivity index (χ0n) is 18.8. The van der Waals surface area contributed by atoms with Crippen molar-refractivity contribution < 1.29 is 4.79 Å². The van der Waals surface area contributed by atoms with Crippen molar-refractivity contribution >= 4 is 11.7 Å². The summed E-state index contributed by atoms with van der Waals surface area (Å²) < 4.78 is 3.74. The summed E-state index contributed by atoms with van der Waals surface area (Å²) in [7, 11) is 1.98. The highest BCUT2D eigenvalue weighted by Gasteiger charge is 2.46. The summed E-state index contributed by atoms with van der Waals surface area (Å²) in [5.41, 5.74) is 5.16. The van der Waals surface area contributed by atoms with Crippen molar-refractivity contribution in [2.45, 2.75) is 38.8 Å². The molecular weight excluding hydrogens is 416 g/mol.